The predicted octanol–water partition coefficient (Wildman–Crippen LogP) is 1.82. The van der Waals surface area contributed by atoms with Gasteiger partial charge in [-0.15, -0.1) is 0 Å². The van der Waals surface area contributed by atoms with Crippen LogP contribution in [0, 0.1) is 6.92 Å². The second kappa shape index (κ2) is 6.31. The first-order chi connectivity index (χ1) is 11.6. The molecule has 2 fully saturated rings. The summed E-state index contributed by atoms with van der Waals surface area (Å²) in [4.78, 5) is 9.51. The molecule has 2 aliphatic rings. The van der Waals surface area contributed by atoms with E-state index in [0.29, 0.717) is 12.1 Å². The fourth-order valence-electron chi connectivity index (χ4n) is 4.13. The molecule has 0 spiro atoms. The maximum absolute atomic E-state index is 9.94. The van der Waals surface area contributed by atoms with Crippen molar-refractivity contribution in [2.75, 3.05) is 19.6 Å². The molecule has 1 N–H and O–H groups in total. The largest absolute Gasteiger partial charge is 0.392 e. The van der Waals surface area contributed by atoms with Gasteiger partial charge in [0, 0.05) is 56.4 Å². The van der Waals surface area contributed by atoms with Gasteiger partial charge in [-0.3, -0.25) is 9.80 Å². The lowest BCUT2D eigenvalue weighted by Gasteiger charge is -2.42. The number of fused-ring (bicyclic) bond motifs is 1. The number of pyridine rings is 1. The topological polar surface area (TPSA) is 44.5 Å². The van der Waals surface area contributed by atoms with Crippen molar-refractivity contribution >= 4 is 0 Å². The highest BCUT2D eigenvalue weighted by atomic mass is 16.3. The molecule has 4 rings (SSSR count). The Bertz CT molecular complexity index is 713. The molecule has 24 heavy (non-hydrogen) atoms. The zero-order chi connectivity index (χ0) is 16.7. The zero-order valence-electron chi connectivity index (χ0n) is 14.5. The Kier molecular flexibility index (Phi) is 4.16. The van der Waals surface area contributed by atoms with E-state index in [0.717, 1.165) is 38.4 Å². The Hall–Kier alpha value is -1.69. The fraction of sp³-hybridized carbons (Fsp3) is 0.526. The summed E-state index contributed by atoms with van der Waals surface area (Å²) in [5.74, 6) is 0.984. The Morgan fingerprint density at radius 3 is 2.96 bits per heavy atom. The van der Waals surface area contributed by atoms with Crippen molar-refractivity contribution in [3.05, 3.63) is 47.9 Å². The van der Waals surface area contributed by atoms with E-state index in [9.17, 15) is 5.11 Å². The second-order valence-electron chi connectivity index (χ2n) is 7.34. The summed E-state index contributed by atoms with van der Waals surface area (Å²) in [7, 11) is 0. The minimum Gasteiger partial charge on any atom is -0.392 e. The highest BCUT2D eigenvalue weighted by molar-refractivity contribution is 5.31. The molecule has 0 radical (unpaired) electrons. The normalized spacial score (nSPS) is 28.2. The third-order valence-electron chi connectivity index (χ3n) is 5.42. The van der Waals surface area contributed by atoms with Crippen LogP contribution in [0.2, 0.25) is 0 Å². The number of aliphatic hydroxyl groups is 1. The van der Waals surface area contributed by atoms with Gasteiger partial charge in [0.1, 0.15) is 5.82 Å². The van der Waals surface area contributed by atoms with E-state index < -0.39 is 0 Å². The molecule has 0 saturated carbocycles. The van der Waals surface area contributed by atoms with Crippen LogP contribution in [-0.2, 0) is 6.54 Å². The first-order valence-electron chi connectivity index (χ1n) is 8.85. The third kappa shape index (κ3) is 2.99. The molecule has 3 atom stereocenters. The van der Waals surface area contributed by atoms with Gasteiger partial charge in [0.15, 0.2) is 0 Å². The standard InChI is InChI=1S/C19H26N4O/c1-14-5-6-20-19(8-14)23-7-3-4-16(23)11-21-12-17-9-18(24)13-22(17)10-15(21)2/h3-8,15,17-18,24H,9-13H2,1-2H3/t15-,17?,18-/m1/s1. The van der Waals surface area contributed by atoms with Gasteiger partial charge in [-0.25, -0.2) is 4.98 Å². The maximum Gasteiger partial charge on any atom is 0.137 e. The molecule has 2 saturated heterocycles. The SMILES string of the molecule is Cc1ccnc(-n2cccc2CN2CC3C[C@@H](O)CN3C[C@H]2C)c1. The lowest BCUT2D eigenvalue weighted by atomic mass is 10.1. The van der Waals surface area contributed by atoms with Crippen molar-refractivity contribution in [3.63, 3.8) is 0 Å². The summed E-state index contributed by atoms with van der Waals surface area (Å²) in [6.07, 6.45) is 4.72. The van der Waals surface area contributed by atoms with Gasteiger partial charge in [-0.2, -0.15) is 0 Å². The van der Waals surface area contributed by atoms with Gasteiger partial charge in [-0.1, -0.05) is 0 Å². The summed E-state index contributed by atoms with van der Waals surface area (Å²) in [5.41, 5.74) is 2.49. The number of hydrogen-bond donors (Lipinski definition) is 1. The Balaban J connectivity index is 1.53. The van der Waals surface area contributed by atoms with Crippen molar-refractivity contribution in [2.45, 2.75) is 45.0 Å². The molecule has 0 aliphatic carbocycles. The molecule has 1 unspecified atom stereocenters. The molecule has 0 amide bonds. The Morgan fingerprint density at radius 2 is 2.12 bits per heavy atom. The van der Waals surface area contributed by atoms with E-state index >= 15 is 0 Å². The van der Waals surface area contributed by atoms with Gasteiger partial charge in [0.05, 0.1) is 6.10 Å². The molecule has 2 aliphatic heterocycles. The van der Waals surface area contributed by atoms with Gasteiger partial charge in [0.2, 0.25) is 0 Å². The monoisotopic (exact) mass is 326 g/mol. The summed E-state index contributed by atoms with van der Waals surface area (Å²) in [6.45, 7) is 8.23. The van der Waals surface area contributed by atoms with Crippen LogP contribution in [0.5, 0.6) is 0 Å². The highest BCUT2D eigenvalue weighted by Crippen LogP contribution is 2.26. The minimum absolute atomic E-state index is 0.150. The van der Waals surface area contributed by atoms with Crippen molar-refractivity contribution < 1.29 is 5.11 Å². The van der Waals surface area contributed by atoms with Crippen LogP contribution in [0.3, 0.4) is 0 Å². The van der Waals surface area contributed by atoms with Crippen molar-refractivity contribution in [2.24, 2.45) is 0 Å². The third-order valence-corrected chi connectivity index (χ3v) is 5.42. The van der Waals surface area contributed by atoms with E-state index in [2.05, 4.69) is 57.6 Å². The van der Waals surface area contributed by atoms with Gasteiger partial charge < -0.3 is 9.67 Å². The van der Waals surface area contributed by atoms with E-state index in [1.807, 2.05) is 12.3 Å². The number of hydrogen-bond acceptors (Lipinski definition) is 4. The van der Waals surface area contributed by atoms with E-state index in [1.165, 1.54) is 11.3 Å². The summed E-state index contributed by atoms with van der Waals surface area (Å²) < 4.78 is 2.19. The van der Waals surface area contributed by atoms with E-state index in [-0.39, 0.29) is 6.10 Å². The maximum atomic E-state index is 9.94. The molecule has 0 bridgehead atoms. The van der Waals surface area contributed by atoms with Crippen LogP contribution in [0.4, 0.5) is 0 Å². The van der Waals surface area contributed by atoms with Crippen LogP contribution in [0.15, 0.2) is 36.7 Å². The predicted molar refractivity (Wildman–Crippen MR) is 94.2 cm³/mol. The number of rotatable bonds is 3. The second-order valence-corrected chi connectivity index (χ2v) is 7.34. The van der Waals surface area contributed by atoms with Crippen LogP contribution in [0.1, 0.15) is 24.6 Å². The number of nitrogens with zero attached hydrogens (tertiary/aromatic N) is 4. The molecule has 128 valence electrons. The van der Waals surface area contributed by atoms with Crippen LogP contribution in [0.25, 0.3) is 5.82 Å². The molecule has 4 heterocycles. The molecular weight excluding hydrogens is 300 g/mol. The van der Waals surface area contributed by atoms with Gasteiger partial charge in [-0.05, 0) is 50.1 Å². The highest BCUT2D eigenvalue weighted by Gasteiger charge is 2.38. The van der Waals surface area contributed by atoms with Crippen LogP contribution < -0.4 is 0 Å². The summed E-state index contributed by atoms with van der Waals surface area (Å²) in [6, 6.07) is 9.43. The molecule has 5 nitrogen and oxygen atoms in total. The smallest absolute Gasteiger partial charge is 0.137 e. The summed E-state index contributed by atoms with van der Waals surface area (Å²) >= 11 is 0. The molecular formula is C19H26N4O. The first kappa shape index (κ1) is 15.8. The number of aryl methyl sites for hydroxylation is 1. The average Bonchev–Trinajstić information content (AvgIpc) is 3.13. The molecule has 2 aromatic rings. The number of aliphatic hydroxyl groups excluding tert-OH is 1. The van der Waals surface area contributed by atoms with E-state index in [1.54, 1.807) is 0 Å². The summed E-state index contributed by atoms with van der Waals surface area (Å²) in [5, 5.41) is 9.94. The fourth-order valence-corrected chi connectivity index (χ4v) is 4.13. The minimum atomic E-state index is -0.150. The molecule has 5 heteroatoms. The number of aromatic nitrogens is 2. The average molecular weight is 326 g/mol. The Morgan fingerprint density at radius 1 is 1.25 bits per heavy atom. The number of piperazine rings is 1. The first-order valence-corrected chi connectivity index (χ1v) is 8.85. The zero-order valence-corrected chi connectivity index (χ0v) is 14.5. The quantitative estimate of drug-likeness (QED) is 0.934. The lowest BCUT2D eigenvalue weighted by molar-refractivity contribution is 0.0517. The van der Waals surface area contributed by atoms with Crippen molar-refractivity contribution in [1.29, 1.82) is 0 Å². The molecule has 2 aromatic heterocycles. The van der Waals surface area contributed by atoms with Crippen molar-refractivity contribution in [3.8, 4) is 5.82 Å². The molecule has 0 aromatic carbocycles. The van der Waals surface area contributed by atoms with E-state index in [4.69, 9.17) is 0 Å². The van der Waals surface area contributed by atoms with Crippen LogP contribution in [-0.4, -0.2) is 62.3 Å². The lowest BCUT2D eigenvalue weighted by Crippen LogP contribution is -2.54. The van der Waals surface area contributed by atoms with Gasteiger partial charge >= 0.3 is 0 Å². The van der Waals surface area contributed by atoms with Crippen molar-refractivity contribution in [1.82, 2.24) is 19.4 Å². The van der Waals surface area contributed by atoms with Gasteiger partial charge in [0.25, 0.3) is 0 Å². The van der Waals surface area contributed by atoms with Crippen LogP contribution >= 0.6 is 0 Å². The Labute approximate surface area is 143 Å².